The van der Waals surface area contributed by atoms with Crippen molar-refractivity contribution in [2.24, 2.45) is 0 Å². The fourth-order valence-electron chi connectivity index (χ4n) is 3.56. The number of nitrogens with zero attached hydrogens (tertiary/aromatic N) is 2. The Balaban J connectivity index is 1.43. The second-order valence-electron chi connectivity index (χ2n) is 6.58. The van der Waals surface area contributed by atoms with Crippen LogP contribution in [-0.2, 0) is 21.6 Å². The van der Waals surface area contributed by atoms with Gasteiger partial charge in [0.2, 0.25) is 5.91 Å². The third-order valence-corrected chi connectivity index (χ3v) is 4.96. The van der Waals surface area contributed by atoms with E-state index in [-0.39, 0.29) is 11.4 Å². The van der Waals surface area contributed by atoms with E-state index < -0.39 is 0 Å². The van der Waals surface area contributed by atoms with E-state index >= 15 is 0 Å². The molecule has 1 aliphatic rings. The third-order valence-electron chi connectivity index (χ3n) is 4.96. The molecule has 4 rings (SSSR count). The van der Waals surface area contributed by atoms with Gasteiger partial charge in [-0.15, -0.1) is 0 Å². The Bertz CT molecular complexity index is 814. The SMILES string of the molecule is O=C(CC1(n2cccc2)CCOCC1)NCc1nc2ccccc2[nH]1. The topological polar surface area (TPSA) is 71.9 Å². The zero-order chi connectivity index (χ0) is 17.1. The molecule has 1 saturated heterocycles. The molecule has 0 bridgehead atoms. The van der Waals surface area contributed by atoms with Crippen LogP contribution >= 0.6 is 0 Å². The number of H-pyrrole nitrogens is 1. The quantitative estimate of drug-likeness (QED) is 0.751. The predicted octanol–water partition coefficient (Wildman–Crippen LogP) is 2.58. The maximum atomic E-state index is 12.6. The first-order valence-corrected chi connectivity index (χ1v) is 8.67. The van der Waals surface area contributed by atoms with Crippen molar-refractivity contribution in [1.29, 1.82) is 0 Å². The van der Waals surface area contributed by atoms with Crippen LogP contribution in [0, 0.1) is 0 Å². The van der Waals surface area contributed by atoms with Crippen LogP contribution in [0.1, 0.15) is 25.1 Å². The molecule has 1 amide bonds. The smallest absolute Gasteiger partial charge is 0.222 e. The van der Waals surface area contributed by atoms with Crippen LogP contribution in [0.15, 0.2) is 48.8 Å². The maximum absolute atomic E-state index is 12.6. The number of fused-ring (bicyclic) bond motifs is 1. The molecule has 0 saturated carbocycles. The van der Waals surface area contributed by atoms with E-state index in [1.165, 1.54) is 0 Å². The number of aromatic nitrogens is 3. The van der Waals surface area contributed by atoms with Gasteiger partial charge in [-0.1, -0.05) is 12.1 Å². The van der Waals surface area contributed by atoms with Crippen LogP contribution in [0.4, 0.5) is 0 Å². The second-order valence-corrected chi connectivity index (χ2v) is 6.58. The van der Waals surface area contributed by atoms with Crippen LogP contribution in [-0.4, -0.2) is 33.7 Å². The lowest BCUT2D eigenvalue weighted by molar-refractivity contribution is -0.124. The highest BCUT2D eigenvalue weighted by Gasteiger charge is 2.36. The summed E-state index contributed by atoms with van der Waals surface area (Å²) in [5.74, 6) is 0.813. The zero-order valence-electron chi connectivity index (χ0n) is 14.1. The summed E-state index contributed by atoms with van der Waals surface area (Å²) in [6.07, 6.45) is 6.22. The van der Waals surface area contributed by atoms with Crippen LogP contribution in [0.25, 0.3) is 11.0 Å². The van der Waals surface area contributed by atoms with Crippen LogP contribution in [0.3, 0.4) is 0 Å². The summed E-state index contributed by atoms with van der Waals surface area (Å²) in [7, 11) is 0. The van der Waals surface area contributed by atoms with Crippen molar-refractivity contribution in [3.8, 4) is 0 Å². The Labute approximate surface area is 146 Å². The van der Waals surface area contributed by atoms with Crippen LogP contribution in [0.5, 0.6) is 0 Å². The molecule has 3 aromatic rings. The molecule has 1 aliphatic heterocycles. The number of carbonyl (C=O) groups is 1. The average molecular weight is 338 g/mol. The molecule has 0 atom stereocenters. The van der Waals surface area contributed by atoms with Crippen molar-refractivity contribution in [1.82, 2.24) is 19.9 Å². The normalized spacial score (nSPS) is 16.8. The molecule has 2 N–H and O–H groups in total. The van der Waals surface area contributed by atoms with Gasteiger partial charge in [-0.3, -0.25) is 4.79 Å². The second kappa shape index (κ2) is 6.72. The van der Waals surface area contributed by atoms with Gasteiger partial charge in [0, 0.05) is 25.6 Å². The number of ether oxygens (including phenoxy) is 1. The molecule has 2 aromatic heterocycles. The third kappa shape index (κ3) is 3.30. The fraction of sp³-hybridized carbons (Fsp3) is 0.368. The first-order valence-electron chi connectivity index (χ1n) is 8.67. The number of hydrogen-bond acceptors (Lipinski definition) is 3. The molecule has 25 heavy (non-hydrogen) atoms. The molecule has 1 aromatic carbocycles. The highest BCUT2D eigenvalue weighted by Crippen LogP contribution is 2.32. The van der Waals surface area contributed by atoms with Gasteiger partial charge in [0.25, 0.3) is 0 Å². The van der Waals surface area contributed by atoms with Gasteiger partial charge in [-0.25, -0.2) is 4.98 Å². The van der Waals surface area contributed by atoms with Crippen molar-refractivity contribution in [3.63, 3.8) is 0 Å². The fourth-order valence-corrected chi connectivity index (χ4v) is 3.56. The molecule has 0 radical (unpaired) electrons. The molecule has 130 valence electrons. The lowest BCUT2D eigenvalue weighted by Gasteiger charge is -2.38. The molecule has 6 heteroatoms. The number of hydrogen-bond donors (Lipinski definition) is 2. The first-order chi connectivity index (χ1) is 12.3. The first kappa shape index (κ1) is 15.9. The number of amides is 1. The molecular weight excluding hydrogens is 316 g/mol. The molecule has 6 nitrogen and oxygen atoms in total. The number of benzene rings is 1. The van der Waals surface area contributed by atoms with Crippen molar-refractivity contribution in [3.05, 3.63) is 54.6 Å². The van der Waals surface area contributed by atoms with Crippen molar-refractivity contribution in [2.45, 2.75) is 31.3 Å². The summed E-state index contributed by atoms with van der Waals surface area (Å²) < 4.78 is 7.67. The minimum Gasteiger partial charge on any atom is -0.381 e. The number of nitrogens with one attached hydrogen (secondary N) is 2. The van der Waals surface area contributed by atoms with E-state index in [2.05, 4.69) is 19.9 Å². The molecule has 0 aliphatic carbocycles. The van der Waals surface area contributed by atoms with Gasteiger partial charge >= 0.3 is 0 Å². The van der Waals surface area contributed by atoms with Crippen molar-refractivity contribution in [2.75, 3.05) is 13.2 Å². The molecule has 1 fully saturated rings. The van der Waals surface area contributed by atoms with Gasteiger partial charge in [-0.2, -0.15) is 0 Å². The number of aromatic amines is 1. The zero-order valence-corrected chi connectivity index (χ0v) is 14.1. The highest BCUT2D eigenvalue weighted by molar-refractivity contribution is 5.77. The average Bonchev–Trinajstić information content (AvgIpc) is 3.30. The van der Waals surface area contributed by atoms with Crippen LogP contribution < -0.4 is 5.32 Å². The minimum atomic E-state index is -0.195. The predicted molar refractivity (Wildman–Crippen MR) is 95.0 cm³/mol. The van der Waals surface area contributed by atoms with E-state index in [4.69, 9.17) is 4.74 Å². The Morgan fingerprint density at radius 1 is 1.20 bits per heavy atom. The van der Waals surface area contributed by atoms with E-state index in [1.807, 2.05) is 48.8 Å². The van der Waals surface area contributed by atoms with E-state index in [9.17, 15) is 4.79 Å². The van der Waals surface area contributed by atoms with Crippen LogP contribution in [0.2, 0.25) is 0 Å². The van der Waals surface area contributed by atoms with Gasteiger partial charge < -0.3 is 19.6 Å². The van der Waals surface area contributed by atoms with E-state index in [0.717, 1.165) is 29.7 Å². The lowest BCUT2D eigenvalue weighted by atomic mass is 9.86. The number of carbonyl (C=O) groups excluding carboxylic acids is 1. The standard InChI is InChI=1S/C19H22N4O2/c24-18(20-14-17-21-15-5-1-2-6-16(15)22-17)13-19(7-11-25-12-8-19)23-9-3-4-10-23/h1-6,9-10H,7-8,11-14H2,(H,20,24)(H,21,22). The minimum absolute atomic E-state index is 0.0380. The summed E-state index contributed by atoms with van der Waals surface area (Å²) >= 11 is 0. The summed E-state index contributed by atoms with van der Waals surface area (Å²) in [5, 5.41) is 3.01. The number of para-hydroxylation sites is 2. The number of imidazole rings is 1. The van der Waals surface area contributed by atoms with Crippen molar-refractivity contribution >= 4 is 16.9 Å². The van der Waals surface area contributed by atoms with Gasteiger partial charge in [0.15, 0.2) is 0 Å². The monoisotopic (exact) mass is 338 g/mol. The van der Waals surface area contributed by atoms with Gasteiger partial charge in [0.05, 0.1) is 29.5 Å². The molecule has 3 heterocycles. The molecule has 0 unspecified atom stereocenters. The highest BCUT2D eigenvalue weighted by atomic mass is 16.5. The van der Waals surface area contributed by atoms with Crippen molar-refractivity contribution < 1.29 is 9.53 Å². The number of rotatable bonds is 5. The van der Waals surface area contributed by atoms with E-state index in [1.54, 1.807) is 0 Å². The summed E-state index contributed by atoms with van der Waals surface area (Å²) in [4.78, 5) is 20.3. The molecule has 0 spiro atoms. The largest absolute Gasteiger partial charge is 0.381 e. The Hall–Kier alpha value is -2.60. The summed E-state index contributed by atoms with van der Waals surface area (Å²) in [5.41, 5.74) is 1.71. The lowest BCUT2D eigenvalue weighted by Crippen LogP contribution is -2.43. The summed E-state index contributed by atoms with van der Waals surface area (Å²) in [6.45, 7) is 1.79. The maximum Gasteiger partial charge on any atom is 0.222 e. The molecular formula is C19H22N4O2. The Morgan fingerprint density at radius 3 is 2.72 bits per heavy atom. The Morgan fingerprint density at radius 2 is 1.96 bits per heavy atom. The van der Waals surface area contributed by atoms with E-state index in [0.29, 0.717) is 26.2 Å². The summed E-state index contributed by atoms with van der Waals surface area (Å²) in [6, 6.07) is 11.9. The van der Waals surface area contributed by atoms with Gasteiger partial charge in [-0.05, 0) is 37.1 Å². The Kier molecular flexibility index (Phi) is 4.28. The van der Waals surface area contributed by atoms with Gasteiger partial charge in [0.1, 0.15) is 5.82 Å².